The molecule has 1 aromatic carbocycles. The summed E-state index contributed by atoms with van der Waals surface area (Å²) in [4.78, 5) is 16.0. The van der Waals surface area contributed by atoms with E-state index in [2.05, 4.69) is 20.8 Å². The van der Waals surface area contributed by atoms with Crippen molar-refractivity contribution in [3.8, 4) is 0 Å². The molecule has 1 amide bonds. The maximum Gasteiger partial charge on any atom is 0.253 e. The smallest absolute Gasteiger partial charge is 0.253 e. The Bertz CT molecular complexity index is 421. The van der Waals surface area contributed by atoms with E-state index in [1.807, 2.05) is 21.1 Å². The molecule has 0 aliphatic rings. The molecule has 0 saturated carbocycles. The summed E-state index contributed by atoms with van der Waals surface area (Å²) in [5, 5.41) is 0. The first-order valence-electron chi connectivity index (χ1n) is 5.87. The highest BCUT2D eigenvalue weighted by atomic mass is 79.9. The van der Waals surface area contributed by atoms with E-state index in [1.165, 1.54) is 0 Å². The number of hydrogen-bond donors (Lipinski definition) is 1. The second kappa shape index (κ2) is 6.75. The topological polar surface area (TPSA) is 49.6 Å². The van der Waals surface area contributed by atoms with E-state index in [0.717, 1.165) is 24.0 Å². The first-order chi connectivity index (χ1) is 8.41. The highest BCUT2D eigenvalue weighted by molar-refractivity contribution is 9.10. The molecular weight excluding hydrogens is 294 g/mol. The van der Waals surface area contributed by atoms with Crippen LogP contribution in [-0.2, 0) is 0 Å². The Hall–Kier alpha value is -1.07. The number of anilines is 1. The van der Waals surface area contributed by atoms with E-state index in [1.54, 1.807) is 23.1 Å². The van der Waals surface area contributed by atoms with Crippen molar-refractivity contribution in [1.82, 2.24) is 9.80 Å². The molecule has 0 aromatic heterocycles. The van der Waals surface area contributed by atoms with Crippen LogP contribution < -0.4 is 5.73 Å². The molecule has 5 heteroatoms. The second-order valence-corrected chi connectivity index (χ2v) is 5.47. The molecular formula is C13H20BrN3O. The number of carbonyl (C=O) groups is 1. The van der Waals surface area contributed by atoms with Crippen LogP contribution in [0.15, 0.2) is 22.7 Å². The lowest BCUT2D eigenvalue weighted by atomic mass is 10.2. The van der Waals surface area contributed by atoms with Crippen LogP contribution in [0.2, 0.25) is 0 Å². The molecule has 0 heterocycles. The predicted octanol–water partition coefficient (Wildman–Crippen LogP) is 2.05. The molecule has 0 fully saturated rings. The van der Waals surface area contributed by atoms with Crippen LogP contribution in [0.25, 0.3) is 0 Å². The van der Waals surface area contributed by atoms with Crippen molar-refractivity contribution in [1.29, 1.82) is 0 Å². The van der Waals surface area contributed by atoms with E-state index in [4.69, 9.17) is 5.73 Å². The van der Waals surface area contributed by atoms with Crippen LogP contribution in [-0.4, -0.2) is 49.9 Å². The first-order valence-corrected chi connectivity index (χ1v) is 6.66. The van der Waals surface area contributed by atoms with Gasteiger partial charge >= 0.3 is 0 Å². The number of benzene rings is 1. The molecule has 0 unspecified atom stereocenters. The summed E-state index contributed by atoms with van der Waals surface area (Å²) in [7, 11) is 5.87. The summed E-state index contributed by atoms with van der Waals surface area (Å²) in [5.74, 6) is 0.00737. The fourth-order valence-corrected chi connectivity index (χ4v) is 1.87. The fraction of sp³-hybridized carbons (Fsp3) is 0.462. The van der Waals surface area contributed by atoms with Crippen molar-refractivity contribution in [3.05, 3.63) is 28.2 Å². The molecule has 0 atom stereocenters. The maximum atomic E-state index is 12.1. The number of nitrogen functional groups attached to an aromatic ring is 1. The Labute approximate surface area is 117 Å². The molecule has 0 bridgehead atoms. The van der Waals surface area contributed by atoms with E-state index in [0.29, 0.717) is 11.3 Å². The van der Waals surface area contributed by atoms with Gasteiger partial charge in [-0.2, -0.15) is 0 Å². The number of amides is 1. The van der Waals surface area contributed by atoms with E-state index < -0.39 is 0 Å². The average molecular weight is 314 g/mol. The quantitative estimate of drug-likeness (QED) is 0.846. The number of nitrogens with zero attached hydrogens (tertiary/aromatic N) is 2. The van der Waals surface area contributed by atoms with Gasteiger partial charge in [-0.1, -0.05) is 0 Å². The monoisotopic (exact) mass is 313 g/mol. The number of carbonyl (C=O) groups excluding carboxylic acids is 1. The highest BCUT2D eigenvalue weighted by Crippen LogP contribution is 2.20. The van der Waals surface area contributed by atoms with Gasteiger partial charge < -0.3 is 15.5 Å². The SMILES string of the molecule is CN(C)CCCN(C)C(=O)c1ccc(Br)c(N)c1. The molecule has 1 aromatic rings. The minimum atomic E-state index is 0.00737. The minimum absolute atomic E-state index is 0.00737. The molecule has 0 aliphatic heterocycles. The Morgan fingerprint density at radius 3 is 2.50 bits per heavy atom. The fourth-order valence-electron chi connectivity index (χ4n) is 1.62. The van der Waals surface area contributed by atoms with Crippen molar-refractivity contribution in [2.75, 3.05) is 40.0 Å². The van der Waals surface area contributed by atoms with E-state index >= 15 is 0 Å². The van der Waals surface area contributed by atoms with Crippen molar-refractivity contribution in [2.24, 2.45) is 0 Å². The van der Waals surface area contributed by atoms with E-state index in [9.17, 15) is 4.79 Å². The third-order valence-electron chi connectivity index (χ3n) is 2.69. The summed E-state index contributed by atoms with van der Waals surface area (Å²) >= 11 is 3.32. The minimum Gasteiger partial charge on any atom is -0.398 e. The Morgan fingerprint density at radius 1 is 1.28 bits per heavy atom. The summed E-state index contributed by atoms with van der Waals surface area (Å²) in [5.41, 5.74) is 6.99. The van der Waals surface area contributed by atoms with Crippen LogP contribution in [0.4, 0.5) is 5.69 Å². The molecule has 100 valence electrons. The third kappa shape index (κ3) is 4.31. The van der Waals surface area contributed by atoms with Crippen LogP contribution in [0, 0.1) is 0 Å². The van der Waals surface area contributed by atoms with Gasteiger partial charge in [-0.3, -0.25) is 4.79 Å². The van der Waals surface area contributed by atoms with Crippen molar-refractivity contribution < 1.29 is 4.79 Å². The predicted molar refractivity (Wildman–Crippen MR) is 78.7 cm³/mol. The molecule has 1 rings (SSSR count). The van der Waals surface area contributed by atoms with Gasteiger partial charge in [-0.05, 0) is 61.2 Å². The summed E-state index contributed by atoms with van der Waals surface area (Å²) in [6.45, 7) is 1.72. The lowest BCUT2D eigenvalue weighted by Crippen LogP contribution is -2.29. The van der Waals surface area contributed by atoms with Gasteiger partial charge in [0.2, 0.25) is 0 Å². The summed E-state index contributed by atoms with van der Waals surface area (Å²) in [6, 6.07) is 5.29. The second-order valence-electron chi connectivity index (χ2n) is 4.62. The van der Waals surface area contributed by atoms with E-state index in [-0.39, 0.29) is 5.91 Å². The summed E-state index contributed by atoms with van der Waals surface area (Å²) < 4.78 is 0.814. The lowest BCUT2D eigenvalue weighted by Gasteiger charge is -2.19. The van der Waals surface area contributed by atoms with Gasteiger partial charge in [-0.15, -0.1) is 0 Å². The highest BCUT2D eigenvalue weighted by Gasteiger charge is 2.12. The lowest BCUT2D eigenvalue weighted by molar-refractivity contribution is 0.0790. The molecule has 4 nitrogen and oxygen atoms in total. The Kier molecular flexibility index (Phi) is 5.62. The van der Waals surface area contributed by atoms with Gasteiger partial charge in [-0.25, -0.2) is 0 Å². The molecule has 0 spiro atoms. The standard InChI is InChI=1S/C13H20BrN3O/c1-16(2)7-4-8-17(3)13(18)10-5-6-11(14)12(15)9-10/h5-6,9H,4,7-8,15H2,1-3H3. The first kappa shape index (κ1) is 15.0. The van der Waals surface area contributed by atoms with Crippen molar-refractivity contribution in [2.45, 2.75) is 6.42 Å². The molecule has 18 heavy (non-hydrogen) atoms. The van der Waals surface area contributed by atoms with Gasteiger partial charge in [0.15, 0.2) is 0 Å². The zero-order valence-electron chi connectivity index (χ0n) is 11.1. The summed E-state index contributed by atoms with van der Waals surface area (Å²) in [6.07, 6.45) is 0.960. The maximum absolute atomic E-state index is 12.1. The van der Waals surface area contributed by atoms with Gasteiger partial charge in [0, 0.05) is 29.3 Å². The number of hydrogen-bond acceptors (Lipinski definition) is 3. The number of halogens is 1. The largest absolute Gasteiger partial charge is 0.398 e. The molecule has 0 aliphatic carbocycles. The van der Waals surface area contributed by atoms with Crippen molar-refractivity contribution in [3.63, 3.8) is 0 Å². The van der Waals surface area contributed by atoms with Crippen molar-refractivity contribution >= 4 is 27.5 Å². The zero-order valence-corrected chi connectivity index (χ0v) is 12.7. The third-order valence-corrected chi connectivity index (χ3v) is 3.41. The molecule has 2 N–H and O–H groups in total. The van der Waals surface area contributed by atoms with Gasteiger partial charge in [0.05, 0.1) is 0 Å². The van der Waals surface area contributed by atoms with Crippen LogP contribution in [0.1, 0.15) is 16.8 Å². The molecule has 0 radical (unpaired) electrons. The average Bonchev–Trinajstić information content (AvgIpc) is 2.31. The van der Waals surface area contributed by atoms with Crippen LogP contribution >= 0.6 is 15.9 Å². The molecule has 0 saturated heterocycles. The van der Waals surface area contributed by atoms with Crippen LogP contribution in [0.3, 0.4) is 0 Å². The normalized spacial score (nSPS) is 10.7. The Balaban J connectivity index is 2.60. The van der Waals surface area contributed by atoms with Crippen LogP contribution in [0.5, 0.6) is 0 Å². The van der Waals surface area contributed by atoms with Gasteiger partial charge in [0.1, 0.15) is 0 Å². The number of nitrogens with two attached hydrogens (primary N) is 1. The zero-order chi connectivity index (χ0) is 13.7. The van der Waals surface area contributed by atoms with Gasteiger partial charge in [0.25, 0.3) is 5.91 Å². The Morgan fingerprint density at radius 2 is 1.94 bits per heavy atom. The number of rotatable bonds is 5.